The Morgan fingerprint density at radius 1 is 1.19 bits per heavy atom. The first-order valence-corrected chi connectivity index (χ1v) is 8.64. The van der Waals surface area contributed by atoms with E-state index in [0.29, 0.717) is 6.04 Å². The molecule has 4 rings (SSSR count). The van der Waals surface area contributed by atoms with Crippen LogP contribution in [0, 0.1) is 11.8 Å². The first-order valence-electron chi connectivity index (χ1n) is 8.26. The van der Waals surface area contributed by atoms with Crippen molar-refractivity contribution in [2.45, 2.75) is 56.4 Å². The molecule has 0 radical (unpaired) electrons. The van der Waals surface area contributed by atoms with Gasteiger partial charge in [-0.1, -0.05) is 30.2 Å². The van der Waals surface area contributed by atoms with Gasteiger partial charge in [-0.2, -0.15) is 0 Å². The van der Waals surface area contributed by atoms with Crippen LogP contribution in [0.1, 0.15) is 50.5 Å². The van der Waals surface area contributed by atoms with E-state index in [2.05, 4.69) is 11.4 Å². The van der Waals surface area contributed by atoms with E-state index in [1.807, 2.05) is 18.2 Å². The highest BCUT2D eigenvalue weighted by atomic mass is 35.5. The summed E-state index contributed by atoms with van der Waals surface area (Å²) in [7, 11) is 0. The summed E-state index contributed by atoms with van der Waals surface area (Å²) in [5, 5.41) is 4.15. The van der Waals surface area contributed by atoms with E-state index in [0.717, 1.165) is 41.7 Å². The lowest BCUT2D eigenvalue weighted by atomic mass is 9.63. The number of carbonyl (C=O) groups is 1. The number of rotatable bonds is 5. The van der Waals surface area contributed by atoms with Gasteiger partial charge in [-0.15, -0.1) is 0 Å². The van der Waals surface area contributed by atoms with Crippen molar-refractivity contribution >= 4 is 17.5 Å². The molecule has 112 valence electrons. The van der Waals surface area contributed by atoms with Gasteiger partial charge >= 0.3 is 0 Å². The molecule has 3 fully saturated rings. The molecule has 2 nitrogen and oxygen atoms in total. The Morgan fingerprint density at radius 3 is 2.33 bits per heavy atom. The Morgan fingerprint density at radius 2 is 1.86 bits per heavy atom. The average Bonchev–Trinajstić information content (AvgIpc) is 3.27. The molecule has 0 saturated heterocycles. The summed E-state index contributed by atoms with van der Waals surface area (Å²) < 4.78 is 0. The van der Waals surface area contributed by atoms with Crippen molar-refractivity contribution in [3.05, 3.63) is 34.9 Å². The normalized spacial score (nSPS) is 23.7. The maximum absolute atomic E-state index is 13.0. The Bertz CT molecular complexity index is 546. The lowest BCUT2D eigenvalue weighted by Crippen LogP contribution is -2.53. The zero-order valence-corrected chi connectivity index (χ0v) is 13.0. The first-order chi connectivity index (χ1) is 10.2. The molecule has 1 N–H and O–H groups in total. The minimum absolute atomic E-state index is 0.250. The third kappa shape index (κ3) is 2.48. The molecule has 0 spiro atoms. The maximum Gasteiger partial charge on any atom is 0.230 e. The van der Waals surface area contributed by atoms with Crippen LogP contribution in [-0.2, 0) is 10.2 Å². The second-order valence-electron chi connectivity index (χ2n) is 7.12. The van der Waals surface area contributed by atoms with Gasteiger partial charge in [0.1, 0.15) is 0 Å². The van der Waals surface area contributed by atoms with Gasteiger partial charge in [0.05, 0.1) is 5.41 Å². The van der Waals surface area contributed by atoms with Crippen molar-refractivity contribution < 1.29 is 4.79 Å². The van der Waals surface area contributed by atoms with Gasteiger partial charge in [-0.05, 0) is 68.1 Å². The summed E-state index contributed by atoms with van der Waals surface area (Å²) in [6.07, 6.45) is 8.24. The summed E-state index contributed by atoms with van der Waals surface area (Å²) in [5.74, 6) is 1.75. The van der Waals surface area contributed by atoms with E-state index in [4.69, 9.17) is 11.6 Å². The summed E-state index contributed by atoms with van der Waals surface area (Å²) in [6.45, 7) is 0. The molecule has 0 aliphatic heterocycles. The zero-order chi connectivity index (χ0) is 14.4. The van der Waals surface area contributed by atoms with Crippen LogP contribution in [0.2, 0.25) is 5.02 Å². The molecule has 0 bridgehead atoms. The monoisotopic (exact) mass is 303 g/mol. The number of carbonyl (C=O) groups excluding carboxylic acids is 1. The largest absolute Gasteiger partial charge is 0.352 e. The number of hydrogen-bond acceptors (Lipinski definition) is 1. The van der Waals surface area contributed by atoms with Crippen LogP contribution in [0.15, 0.2) is 24.3 Å². The van der Waals surface area contributed by atoms with Crippen molar-refractivity contribution in [2.75, 3.05) is 0 Å². The predicted octanol–water partition coefficient (Wildman–Crippen LogP) is 4.07. The topological polar surface area (TPSA) is 29.1 Å². The predicted molar refractivity (Wildman–Crippen MR) is 84.4 cm³/mol. The van der Waals surface area contributed by atoms with Gasteiger partial charge in [0.25, 0.3) is 0 Å². The van der Waals surface area contributed by atoms with Crippen LogP contribution in [0.4, 0.5) is 0 Å². The fraction of sp³-hybridized carbons (Fsp3) is 0.611. The van der Waals surface area contributed by atoms with E-state index >= 15 is 0 Å². The van der Waals surface area contributed by atoms with E-state index in [1.54, 1.807) is 0 Å². The zero-order valence-electron chi connectivity index (χ0n) is 12.3. The molecule has 1 aromatic rings. The molecular weight excluding hydrogens is 282 g/mol. The first kappa shape index (κ1) is 13.6. The Balaban J connectivity index is 1.55. The van der Waals surface area contributed by atoms with E-state index in [9.17, 15) is 4.79 Å². The quantitative estimate of drug-likeness (QED) is 0.873. The Labute approximate surface area is 131 Å². The number of benzene rings is 1. The molecule has 3 saturated carbocycles. The molecular formula is C18H22ClNO. The fourth-order valence-electron chi connectivity index (χ4n) is 3.78. The highest BCUT2D eigenvalue weighted by Crippen LogP contribution is 2.48. The number of halogens is 1. The van der Waals surface area contributed by atoms with Gasteiger partial charge in [-0.25, -0.2) is 0 Å². The van der Waals surface area contributed by atoms with Crippen molar-refractivity contribution in [3.8, 4) is 0 Å². The Kier molecular flexibility index (Phi) is 3.25. The molecule has 3 aliphatic carbocycles. The van der Waals surface area contributed by atoms with E-state index in [1.165, 1.54) is 25.7 Å². The SMILES string of the molecule is O=C(NC(C1CC1)C1CC1)C1(c2cccc(Cl)c2)CCC1. The minimum atomic E-state index is -0.313. The summed E-state index contributed by atoms with van der Waals surface area (Å²) in [4.78, 5) is 13.0. The smallest absolute Gasteiger partial charge is 0.230 e. The maximum atomic E-state index is 13.0. The van der Waals surface area contributed by atoms with Gasteiger partial charge in [-0.3, -0.25) is 4.79 Å². The molecule has 3 heteroatoms. The molecule has 21 heavy (non-hydrogen) atoms. The lowest BCUT2D eigenvalue weighted by molar-refractivity contribution is -0.131. The second-order valence-corrected chi connectivity index (χ2v) is 7.56. The molecule has 1 aromatic carbocycles. The molecule has 0 atom stereocenters. The van der Waals surface area contributed by atoms with Crippen molar-refractivity contribution in [1.82, 2.24) is 5.32 Å². The minimum Gasteiger partial charge on any atom is -0.352 e. The fourth-order valence-corrected chi connectivity index (χ4v) is 3.97. The molecule has 0 heterocycles. The molecule has 1 amide bonds. The van der Waals surface area contributed by atoms with Crippen molar-refractivity contribution in [2.24, 2.45) is 11.8 Å². The molecule has 3 aliphatic rings. The second kappa shape index (κ2) is 5.01. The Hall–Kier alpha value is -1.02. The van der Waals surface area contributed by atoms with Crippen LogP contribution < -0.4 is 5.32 Å². The van der Waals surface area contributed by atoms with E-state index in [-0.39, 0.29) is 11.3 Å². The van der Waals surface area contributed by atoms with Crippen molar-refractivity contribution in [3.63, 3.8) is 0 Å². The van der Waals surface area contributed by atoms with Crippen molar-refractivity contribution in [1.29, 1.82) is 0 Å². The highest BCUT2D eigenvalue weighted by molar-refractivity contribution is 6.30. The standard InChI is InChI=1S/C18H22ClNO/c19-15-4-1-3-14(11-15)18(9-2-10-18)17(21)20-16(12-5-6-12)13-7-8-13/h1,3-4,11-13,16H,2,5-10H2,(H,20,21). The third-order valence-electron chi connectivity index (χ3n) is 5.58. The van der Waals surface area contributed by atoms with Gasteiger partial charge in [0, 0.05) is 11.1 Å². The average molecular weight is 304 g/mol. The number of amides is 1. The van der Waals surface area contributed by atoms with Crippen LogP contribution >= 0.6 is 11.6 Å². The van der Waals surface area contributed by atoms with E-state index < -0.39 is 0 Å². The third-order valence-corrected chi connectivity index (χ3v) is 5.81. The van der Waals surface area contributed by atoms with Crippen LogP contribution in [0.3, 0.4) is 0 Å². The van der Waals surface area contributed by atoms with Gasteiger partial charge in [0.15, 0.2) is 0 Å². The summed E-state index contributed by atoms with van der Waals surface area (Å²) >= 11 is 6.13. The van der Waals surface area contributed by atoms with Gasteiger partial charge < -0.3 is 5.32 Å². The molecule has 0 aromatic heterocycles. The lowest BCUT2D eigenvalue weighted by Gasteiger charge is -2.42. The number of nitrogens with one attached hydrogen (secondary N) is 1. The number of hydrogen-bond donors (Lipinski definition) is 1. The van der Waals surface area contributed by atoms with Crippen LogP contribution in [0.5, 0.6) is 0 Å². The highest BCUT2D eigenvalue weighted by Gasteiger charge is 2.49. The van der Waals surface area contributed by atoms with Crippen LogP contribution in [0.25, 0.3) is 0 Å². The summed E-state index contributed by atoms with van der Waals surface area (Å²) in [6, 6.07) is 8.32. The van der Waals surface area contributed by atoms with Crippen LogP contribution in [-0.4, -0.2) is 11.9 Å². The molecule has 0 unspecified atom stereocenters. The summed E-state index contributed by atoms with van der Waals surface area (Å²) in [5.41, 5.74) is 0.788. The van der Waals surface area contributed by atoms with Gasteiger partial charge in [0.2, 0.25) is 5.91 Å².